The van der Waals surface area contributed by atoms with Crippen molar-refractivity contribution in [2.75, 3.05) is 31.6 Å². The molecule has 0 fully saturated rings. The SMILES string of the molecule is CCOc1ccc(S(=O)(=O)N(CC(=O)N(C)Cc2ccc(OC)cc2)c2ccccc2)cc1. The molecule has 7 nitrogen and oxygen atoms in total. The van der Waals surface area contributed by atoms with E-state index >= 15 is 0 Å². The summed E-state index contributed by atoms with van der Waals surface area (Å²) in [5, 5.41) is 0. The largest absolute Gasteiger partial charge is 0.497 e. The molecule has 3 aromatic rings. The number of para-hydroxylation sites is 1. The number of likely N-dealkylation sites (N-methyl/N-ethyl adjacent to an activating group) is 1. The van der Waals surface area contributed by atoms with Gasteiger partial charge in [-0.25, -0.2) is 8.42 Å². The van der Waals surface area contributed by atoms with E-state index in [-0.39, 0.29) is 17.3 Å². The number of carbonyl (C=O) groups excluding carboxylic acids is 1. The highest BCUT2D eigenvalue weighted by Gasteiger charge is 2.28. The monoisotopic (exact) mass is 468 g/mol. The standard InChI is InChI=1S/C25H28N2O5S/c1-4-32-23-14-16-24(17-15-23)33(29,30)27(21-8-6-5-7-9-21)19-25(28)26(2)18-20-10-12-22(31-3)13-11-20/h5-17H,4,18-19H2,1-3H3. The maximum absolute atomic E-state index is 13.5. The predicted octanol–water partition coefficient (Wildman–Crippen LogP) is 3.95. The lowest BCUT2D eigenvalue weighted by atomic mass is 10.2. The molecule has 0 spiro atoms. The van der Waals surface area contributed by atoms with Gasteiger partial charge >= 0.3 is 0 Å². The van der Waals surface area contributed by atoms with Crippen molar-refractivity contribution in [2.24, 2.45) is 0 Å². The lowest BCUT2D eigenvalue weighted by Crippen LogP contribution is -2.41. The summed E-state index contributed by atoms with van der Waals surface area (Å²) in [5.41, 5.74) is 1.32. The number of hydrogen-bond acceptors (Lipinski definition) is 5. The van der Waals surface area contributed by atoms with Gasteiger partial charge in [-0.15, -0.1) is 0 Å². The summed E-state index contributed by atoms with van der Waals surface area (Å²) in [5.74, 6) is 0.978. The van der Waals surface area contributed by atoms with Gasteiger partial charge in [0.05, 0.1) is 24.3 Å². The molecule has 0 N–H and O–H groups in total. The van der Waals surface area contributed by atoms with Crippen LogP contribution in [-0.2, 0) is 21.4 Å². The number of sulfonamides is 1. The van der Waals surface area contributed by atoms with E-state index in [1.54, 1.807) is 56.6 Å². The minimum Gasteiger partial charge on any atom is -0.497 e. The number of methoxy groups -OCH3 is 1. The second kappa shape index (κ2) is 10.9. The van der Waals surface area contributed by atoms with Crippen LogP contribution in [0.2, 0.25) is 0 Å². The van der Waals surface area contributed by atoms with E-state index in [1.165, 1.54) is 17.0 Å². The predicted molar refractivity (Wildman–Crippen MR) is 128 cm³/mol. The van der Waals surface area contributed by atoms with Crippen molar-refractivity contribution in [2.45, 2.75) is 18.4 Å². The topological polar surface area (TPSA) is 76.2 Å². The Kier molecular flexibility index (Phi) is 7.95. The molecule has 0 aliphatic heterocycles. The quantitative estimate of drug-likeness (QED) is 0.450. The van der Waals surface area contributed by atoms with E-state index < -0.39 is 10.0 Å². The van der Waals surface area contributed by atoms with Gasteiger partial charge in [0.2, 0.25) is 5.91 Å². The van der Waals surface area contributed by atoms with E-state index in [0.717, 1.165) is 15.6 Å². The first-order valence-electron chi connectivity index (χ1n) is 10.5. The van der Waals surface area contributed by atoms with Crippen LogP contribution in [0.15, 0.2) is 83.8 Å². The van der Waals surface area contributed by atoms with Gasteiger partial charge in [0.25, 0.3) is 10.0 Å². The Balaban J connectivity index is 1.83. The third-order valence-electron chi connectivity index (χ3n) is 5.05. The molecule has 0 heterocycles. The molecule has 33 heavy (non-hydrogen) atoms. The highest BCUT2D eigenvalue weighted by molar-refractivity contribution is 7.92. The second-order valence-corrected chi connectivity index (χ2v) is 9.21. The molecule has 0 saturated carbocycles. The molecule has 0 unspecified atom stereocenters. The Morgan fingerprint density at radius 2 is 1.48 bits per heavy atom. The number of nitrogens with zero attached hydrogens (tertiary/aromatic N) is 2. The van der Waals surface area contributed by atoms with Crippen LogP contribution in [0.1, 0.15) is 12.5 Å². The van der Waals surface area contributed by atoms with Gasteiger partial charge in [0, 0.05) is 13.6 Å². The van der Waals surface area contributed by atoms with E-state index in [4.69, 9.17) is 9.47 Å². The number of hydrogen-bond donors (Lipinski definition) is 0. The fourth-order valence-corrected chi connectivity index (χ4v) is 4.66. The zero-order valence-corrected chi connectivity index (χ0v) is 19.8. The van der Waals surface area contributed by atoms with Gasteiger partial charge in [-0.3, -0.25) is 9.10 Å². The highest BCUT2D eigenvalue weighted by Crippen LogP contribution is 2.25. The number of benzene rings is 3. The van der Waals surface area contributed by atoms with Crippen LogP contribution in [0.3, 0.4) is 0 Å². The van der Waals surface area contributed by atoms with E-state index in [0.29, 0.717) is 24.6 Å². The summed E-state index contributed by atoms with van der Waals surface area (Å²) in [7, 11) is -0.740. The van der Waals surface area contributed by atoms with Crippen molar-refractivity contribution < 1.29 is 22.7 Å². The number of rotatable bonds is 10. The van der Waals surface area contributed by atoms with E-state index in [1.807, 2.05) is 31.2 Å². The lowest BCUT2D eigenvalue weighted by molar-refractivity contribution is -0.128. The van der Waals surface area contributed by atoms with Gasteiger partial charge in [-0.2, -0.15) is 0 Å². The van der Waals surface area contributed by atoms with Crippen LogP contribution in [0, 0.1) is 0 Å². The Morgan fingerprint density at radius 3 is 2.06 bits per heavy atom. The third-order valence-corrected chi connectivity index (χ3v) is 6.84. The molecule has 0 bridgehead atoms. The first kappa shape index (κ1) is 24.1. The maximum Gasteiger partial charge on any atom is 0.264 e. The van der Waals surface area contributed by atoms with Crippen molar-refractivity contribution in [3.8, 4) is 11.5 Å². The number of ether oxygens (including phenoxy) is 2. The molecule has 0 radical (unpaired) electrons. The molecule has 0 aliphatic rings. The minimum absolute atomic E-state index is 0.0837. The Labute approximate surface area is 195 Å². The first-order chi connectivity index (χ1) is 15.8. The Morgan fingerprint density at radius 1 is 0.879 bits per heavy atom. The van der Waals surface area contributed by atoms with Crippen LogP contribution in [0.4, 0.5) is 5.69 Å². The van der Waals surface area contributed by atoms with Crippen LogP contribution in [0.25, 0.3) is 0 Å². The minimum atomic E-state index is -3.98. The summed E-state index contributed by atoms with van der Waals surface area (Å²) < 4.78 is 38.7. The van der Waals surface area contributed by atoms with Crippen LogP contribution in [0.5, 0.6) is 11.5 Å². The first-order valence-corrected chi connectivity index (χ1v) is 12.0. The van der Waals surface area contributed by atoms with Crippen molar-refractivity contribution >= 4 is 21.6 Å². The summed E-state index contributed by atoms with van der Waals surface area (Å²) in [6.45, 7) is 2.36. The normalized spacial score (nSPS) is 11.0. The average Bonchev–Trinajstić information content (AvgIpc) is 2.83. The molecule has 8 heteroatoms. The summed E-state index contributed by atoms with van der Waals surface area (Å²) in [6, 6.07) is 22.2. The second-order valence-electron chi connectivity index (χ2n) is 7.35. The van der Waals surface area contributed by atoms with Crippen LogP contribution in [-0.4, -0.2) is 46.5 Å². The molecule has 174 valence electrons. The number of amides is 1. The zero-order valence-electron chi connectivity index (χ0n) is 19.0. The molecule has 0 saturated heterocycles. The zero-order chi connectivity index (χ0) is 23.8. The maximum atomic E-state index is 13.5. The van der Waals surface area contributed by atoms with Crippen LogP contribution < -0.4 is 13.8 Å². The molecular weight excluding hydrogens is 440 g/mol. The Bertz CT molecular complexity index is 1150. The lowest BCUT2D eigenvalue weighted by Gasteiger charge is -2.27. The smallest absolute Gasteiger partial charge is 0.264 e. The van der Waals surface area contributed by atoms with E-state index in [2.05, 4.69) is 0 Å². The molecule has 3 rings (SSSR count). The van der Waals surface area contributed by atoms with Crippen molar-refractivity contribution in [1.82, 2.24) is 4.90 Å². The molecule has 3 aromatic carbocycles. The fraction of sp³-hybridized carbons (Fsp3) is 0.240. The van der Waals surface area contributed by atoms with Gasteiger partial charge in [-0.05, 0) is 61.0 Å². The van der Waals surface area contributed by atoms with Gasteiger partial charge in [-0.1, -0.05) is 30.3 Å². The summed E-state index contributed by atoms with van der Waals surface area (Å²) >= 11 is 0. The molecule has 0 atom stereocenters. The molecule has 0 aromatic heterocycles. The van der Waals surface area contributed by atoms with Crippen LogP contribution >= 0.6 is 0 Å². The van der Waals surface area contributed by atoms with E-state index in [9.17, 15) is 13.2 Å². The number of carbonyl (C=O) groups is 1. The van der Waals surface area contributed by atoms with Crippen molar-refractivity contribution in [3.05, 3.63) is 84.4 Å². The number of anilines is 1. The molecule has 1 amide bonds. The molecular formula is C25H28N2O5S. The summed E-state index contributed by atoms with van der Waals surface area (Å²) in [4.78, 5) is 14.6. The Hall–Kier alpha value is -3.52. The highest BCUT2D eigenvalue weighted by atomic mass is 32.2. The van der Waals surface area contributed by atoms with Crippen molar-refractivity contribution in [1.29, 1.82) is 0 Å². The fourth-order valence-electron chi connectivity index (χ4n) is 3.25. The van der Waals surface area contributed by atoms with Gasteiger partial charge in [0.1, 0.15) is 18.0 Å². The van der Waals surface area contributed by atoms with Gasteiger partial charge in [0.15, 0.2) is 0 Å². The molecule has 0 aliphatic carbocycles. The summed E-state index contributed by atoms with van der Waals surface area (Å²) in [6.07, 6.45) is 0. The average molecular weight is 469 g/mol. The van der Waals surface area contributed by atoms with Gasteiger partial charge < -0.3 is 14.4 Å². The van der Waals surface area contributed by atoms with Crippen molar-refractivity contribution in [3.63, 3.8) is 0 Å². The third kappa shape index (κ3) is 6.04.